The lowest BCUT2D eigenvalue weighted by Gasteiger charge is -2.31. The van der Waals surface area contributed by atoms with E-state index in [-0.39, 0.29) is 4.90 Å². The highest BCUT2D eigenvalue weighted by atomic mass is 32.2. The van der Waals surface area contributed by atoms with Crippen molar-refractivity contribution in [3.05, 3.63) is 30.2 Å². The summed E-state index contributed by atoms with van der Waals surface area (Å²) in [5.74, 6) is 0.560. The molecule has 0 saturated carbocycles. The third-order valence-corrected chi connectivity index (χ3v) is 6.10. The number of aromatic amines is 1. The summed E-state index contributed by atoms with van der Waals surface area (Å²) in [6.07, 6.45) is 1.42. The predicted octanol–water partition coefficient (Wildman–Crippen LogP) is 1.15. The van der Waals surface area contributed by atoms with E-state index in [4.69, 9.17) is 4.74 Å². The first kappa shape index (κ1) is 18.6. The zero-order chi connectivity index (χ0) is 19.7. The van der Waals surface area contributed by atoms with Gasteiger partial charge in [-0.15, -0.1) is 0 Å². The minimum absolute atomic E-state index is 0.170. The first-order valence-electron chi connectivity index (χ1n) is 8.82. The fraction of sp³-hybridized carbons (Fsp3) is 0.353. The normalized spacial score (nSPS) is 15.1. The average molecular weight is 403 g/mol. The van der Waals surface area contributed by atoms with E-state index in [0.29, 0.717) is 30.4 Å². The number of ether oxygens (including phenoxy) is 1. The molecule has 1 saturated heterocycles. The van der Waals surface area contributed by atoms with Crippen molar-refractivity contribution < 1.29 is 13.2 Å². The number of H-pyrrole nitrogens is 1. The van der Waals surface area contributed by atoms with Crippen LogP contribution in [0.3, 0.4) is 0 Å². The lowest BCUT2D eigenvalue weighted by atomic mass is 10.2. The van der Waals surface area contributed by atoms with Crippen LogP contribution in [0.4, 0.5) is 17.2 Å². The lowest BCUT2D eigenvalue weighted by molar-refractivity contribution is 0.123. The number of hydrogen-bond donors (Lipinski definition) is 3. The van der Waals surface area contributed by atoms with Gasteiger partial charge < -0.3 is 15.0 Å². The second-order valence-electron chi connectivity index (χ2n) is 6.38. The highest BCUT2D eigenvalue weighted by molar-refractivity contribution is 7.89. The Kier molecular flexibility index (Phi) is 4.87. The summed E-state index contributed by atoms with van der Waals surface area (Å²) < 4.78 is 32.4. The Morgan fingerprint density at radius 3 is 2.75 bits per heavy atom. The van der Waals surface area contributed by atoms with Crippen LogP contribution in [0.5, 0.6) is 0 Å². The fourth-order valence-corrected chi connectivity index (χ4v) is 3.96. The van der Waals surface area contributed by atoms with Crippen molar-refractivity contribution in [1.82, 2.24) is 24.9 Å². The van der Waals surface area contributed by atoms with Crippen LogP contribution in [-0.2, 0) is 14.8 Å². The van der Waals surface area contributed by atoms with Crippen LogP contribution in [0.1, 0.15) is 5.69 Å². The fourth-order valence-electron chi connectivity index (χ4n) is 3.20. The first-order chi connectivity index (χ1) is 13.5. The molecule has 3 aromatic rings. The quantitative estimate of drug-likeness (QED) is 0.579. The third-order valence-electron chi connectivity index (χ3n) is 4.68. The topological polar surface area (TPSA) is 125 Å². The van der Waals surface area contributed by atoms with Crippen LogP contribution in [-0.4, -0.2) is 61.9 Å². The standard InChI is InChI=1S/C17H21N7O3S/c1-11-15-16(19-10-20-17(15)23-22-11)21-13-9-12(28(25,26)18-2)3-4-14(13)24-5-7-27-8-6-24/h3-4,9-10,18H,5-8H2,1-2H3,(H2,19,20,21,22,23). The second-order valence-corrected chi connectivity index (χ2v) is 8.27. The summed E-state index contributed by atoms with van der Waals surface area (Å²) in [5, 5.41) is 11.1. The van der Waals surface area contributed by atoms with Gasteiger partial charge in [-0.25, -0.2) is 23.1 Å². The molecule has 1 aliphatic heterocycles. The summed E-state index contributed by atoms with van der Waals surface area (Å²) in [4.78, 5) is 10.8. The Balaban J connectivity index is 1.82. The molecule has 1 aromatic carbocycles. The number of hydrogen-bond acceptors (Lipinski definition) is 8. The van der Waals surface area contributed by atoms with Crippen molar-refractivity contribution >= 4 is 38.2 Å². The number of nitrogens with zero attached hydrogens (tertiary/aromatic N) is 4. The van der Waals surface area contributed by atoms with E-state index in [9.17, 15) is 8.42 Å². The van der Waals surface area contributed by atoms with E-state index in [1.807, 2.05) is 6.92 Å². The molecular formula is C17H21N7O3S. The Labute approximate surface area is 162 Å². The van der Waals surface area contributed by atoms with Crippen LogP contribution in [0.2, 0.25) is 0 Å². The summed E-state index contributed by atoms with van der Waals surface area (Å²) in [5.41, 5.74) is 2.89. The molecule has 148 valence electrons. The molecule has 28 heavy (non-hydrogen) atoms. The summed E-state index contributed by atoms with van der Waals surface area (Å²) in [7, 11) is -2.19. The van der Waals surface area contributed by atoms with Gasteiger partial charge >= 0.3 is 0 Å². The number of rotatable bonds is 5. The largest absolute Gasteiger partial charge is 0.378 e. The van der Waals surface area contributed by atoms with Crippen LogP contribution in [0.15, 0.2) is 29.4 Å². The van der Waals surface area contributed by atoms with E-state index in [1.165, 1.54) is 13.4 Å². The number of anilines is 3. The molecule has 4 rings (SSSR count). The van der Waals surface area contributed by atoms with Crippen molar-refractivity contribution in [2.45, 2.75) is 11.8 Å². The van der Waals surface area contributed by atoms with Crippen molar-refractivity contribution in [3.63, 3.8) is 0 Å². The van der Waals surface area contributed by atoms with Gasteiger partial charge in [-0.1, -0.05) is 0 Å². The van der Waals surface area contributed by atoms with Crippen LogP contribution < -0.4 is 14.9 Å². The van der Waals surface area contributed by atoms with E-state index >= 15 is 0 Å². The molecule has 2 aromatic heterocycles. The third kappa shape index (κ3) is 3.39. The SMILES string of the molecule is CNS(=O)(=O)c1ccc(N2CCOCC2)c(Nc2ncnc3n[nH]c(C)c23)c1. The maximum absolute atomic E-state index is 12.3. The lowest BCUT2D eigenvalue weighted by Crippen LogP contribution is -2.36. The van der Waals surface area contributed by atoms with Gasteiger partial charge in [0.25, 0.3) is 0 Å². The Hall–Kier alpha value is -2.76. The molecule has 0 bridgehead atoms. The zero-order valence-electron chi connectivity index (χ0n) is 15.6. The molecule has 1 fully saturated rings. The van der Waals surface area contributed by atoms with Crippen molar-refractivity contribution in [1.29, 1.82) is 0 Å². The average Bonchev–Trinajstić information content (AvgIpc) is 3.10. The van der Waals surface area contributed by atoms with Gasteiger partial charge in [-0.05, 0) is 32.2 Å². The number of aryl methyl sites for hydroxylation is 1. The highest BCUT2D eigenvalue weighted by Crippen LogP contribution is 2.33. The van der Waals surface area contributed by atoms with Gasteiger partial charge in [-0.2, -0.15) is 5.10 Å². The minimum atomic E-state index is -3.58. The molecule has 3 heterocycles. The van der Waals surface area contributed by atoms with E-state index in [2.05, 4.69) is 35.1 Å². The Bertz CT molecular complexity index is 1110. The molecule has 0 aliphatic carbocycles. The molecule has 1 aliphatic rings. The number of nitrogens with one attached hydrogen (secondary N) is 3. The summed E-state index contributed by atoms with van der Waals surface area (Å²) in [6.45, 7) is 4.56. The smallest absolute Gasteiger partial charge is 0.240 e. The van der Waals surface area contributed by atoms with Crippen molar-refractivity contribution in [2.75, 3.05) is 43.6 Å². The van der Waals surface area contributed by atoms with Gasteiger partial charge in [0.05, 0.1) is 34.9 Å². The molecule has 0 amide bonds. The highest BCUT2D eigenvalue weighted by Gasteiger charge is 2.20. The Morgan fingerprint density at radius 1 is 1.21 bits per heavy atom. The molecule has 10 nitrogen and oxygen atoms in total. The van der Waals surface area contributed by atoms with E-state index < -0.39 is 10.0 Å². The van der Waals surface area contributed by atoms with Crippen LogP contribution >= 0.6 is 0 Å². The number of benzene rings is 1. The van der Waals surface area contributed by atoms with Gasteiger partial charge in [0.1, 0.15) is 12.1 Å². The van der Waals surface area contributed by atoms with E-state index in [1.54, 1.807) is 18.2 Å². The molecule has 3 N–H and O–H groups in total. The predicted molar refractivity (Wildman–Crippen MR) is 105 cm³/mol. The first-order valence-corrected chi connectivity index (χ1v) is 10.3. The number of aromatic nitrogens is 4. The van der Waals surface area contributed by atoms with Gasteiger partial charge in [0, 0.05) is 18.8 Å². The molecule has 0 spiro atoms. The summed E-state index contributed by atoms with van der Waals surface area (Å²) in [6, 6.07) is 5.01. The summed E-state index contributed by atoms with van der Waals surface area (Å²) >= 11 is 0. The molecular weight excluding hydrogens is 382 g/mol. The molecule has 0 unspecified atom stereocenters. The zero-order valence-corrected chi connectivity index (χ0v) is 16.4. The van der Waals surface area contributed by atoms with Crippen LogP contribution in [0, 0.1) is 6.92 Å². The molecule has 0 atom stereocenters. The monoisotopic (exact) mass is 403 g/mol. The number of sulfonamides is 1. The van der Waals surface area contributed by atoms with Gasteiger partial charge in [0.15, 0.2) is 5.65 Å². The van der Waals surface area contributed by atoms with Crippen molar-refractivity contribution in [3.8, 4) is 0 Å². The maximum Gasteiger partial charge on any atom is 0.240 e. The number of fused-ring (bicyclic) bond motifs is 1. The van der Waals surface area contributed by atoms with Gasteiger partial charge in [-0.3, -0.25) is 5.10 Å². The van der Waals surface area contributed by atoms with Crippen LogP contribution in [0.25, 0.3) is 11.0 Å². The van der Waals surface area contributed by atoms with Crippen molar-refractivity contribution in [2.24, 2.45) is 0 Å². The van der Waals surface area contributed by atoms with E-state index in [0.717, 1.165) is 29.9 Å². The second kappa shape index (κ2) is 7.34. The minimum Gasteiger partial charge on any atom is -0.378 e. The van der Waals surface area contributed by atoms with Gasteiger partial charge in [0.2, 0.25) is 10.0 Å². The maximum atomic E-state index is 12.3. The number of morpholine rings is 1. The Morgan fingerprint density at radius 2 is 2.00 bits per heavy atom. The molecule has 11 heteroatoms. The molecule has 0 radical (unpaired) electrons.